The largest absolute Gasteiger partial charge is 0.490 e. The first kappa shape index (κ1) is 21.7. The maximum atomic E-state index is 12.9. The average Bonchev–Trinajstić information content (AvgIpc) is 3.08. The molecule has 2 heterocycles. The molecule has 4 aromatic rings. The number of nitrogens with zero attached hydrogens (tertiary/aromatic N) is 3. The van der Waals surface area contributed by atoms with E-state index in [2.05, 4.69) is 10.1 Å². The Morgan fingerprint density at radius 3 is 2.59 bits per heavy atom. The summed E-state index contributed by atoms with van der Waals surface area (Å²) >= 11 is 1.13. The highest BCUT2D eigenvalue weighted by Crippen LogP contribution is 2.29. The third-order valence-corrected chi connectivity index (χ3v) is 5.65. The van der Waals surface area contributed by atoms with E-state index in [0.717, 1.165) is 28.9 Å². The van der Waals surface area contributed by atoms with E-state index >= 15 is 0 Å². The van der Waals surface area contributed by atoms with Crippen LogP contribution >= 0.6 is 11.3 Å². The zero-order chi connectivity index (χ0) is 22.5. The van der Waals surface area contributed by atoms with Crippen molar-refractivity contribution in [1.29, 1.82) is 0 Å². The van der Waals surface area contributed by atoms with Crippen LogP contribution in [-0.4, -0.2) is 27.8 Å². The fourth-order valence-electron chi connectivity index (χ4n) is 3.21. The Hall–Kier alpha value is -3.52. The van der Waals surface area contributed by atoms with Crippen molar-refractivity contribution in [3.8, 4) is 11.5 Å². The zero-order valence-electron chi connectivity index (χ0n) is 17.9. The molecule has 0 bridgehead atoms. The minimum absolute atomic E-state index is 0.242. The Balaban J connectivity index is 1.73. The lowest BCUT2D eigenvalue weighted by Gasteiger charge is -2.11. The Morgan fingerprint density at radius 1 is 1.03 bits per heavy atom. The zero-order valence-corrected chi connectivity index (χ0v) is 18.7. The van der Waals surface area contributed by atoms with Gasteiger partial charge in [0.25, 0.3) is 11.1 Å². The molecule has 0 radical (unpaired) electrons. The van der Waals surface area contributed by atoms with Crippen LogP contribution in [0.15, 0.2) is 58.1 Å². The van der Waals surface area contributed by atoms with E-state index in [1.54, 1.807) is 6.08 Å². The van der Waals surface area contributed by atoms with Gasteiger partial charge in [-0.05, 0) is 42.7 Å². The van der Waals surface area contributed by atoms with Crippen LogP contribution in [-0.2, 0) is 6.42 Å². The molecule has 0 unspecified atom stereocenters. The minimum atomic E-state index is -0.419. The topological polar surface area (TPSA) is 82.8 Å². The second-order valence-electron chi connectivity index (χ2n) is 7.12. The third kappa shape index (κ3) is 4.70. The Morgan fingerprint density at radius 2 is 1.84 bits per heavy atom. The van der Waals surface area contributed by atoms with Crippen molar-refractivity contribution in [1.82, 2.24) is 14.6 Å². The van der Waals surface area contributed by atoms with Crippen molar-refractivity contribution in [2.45, 2.75) is 26.7 Å². The molecule has 8 heteroatoms. The summed E-state index contributed by atoms with van der Waals surface area (Å²) in [4.78, 5) is 29.7. The number of aromatic nitrogens is 3. The summed E-state index contributed by atoms with van der Waals surface area (Å²) in [6, 6.07) is 15.0. The first-order valence-corrected chi connectivity index (χ1v) is 11.3. The van der Waals surface area contributed by atoms with E-state index < -0.39 is 5.56 Å². The van der Waals surface area contributed by atoms with Gasteiger partial charge in [-0.25, -0.2) is 0 Å². The lowest BCUT2D eigenvalue weighted by molar-refractivity contribution is 0.277. The molecular formula is C24H23N3O4S. The molecule has 0 saturated carbocycles. The molecule has 2 aromatic heterocycles. The molecule has 0 aliphatic carbocycles. The molecule has 0 saturated heterocycles. The van der Waals surface area contributed by atoms with Crippen LogP contribution in [0.5, 0.6) is 11.5 Å². The normalized spacial score (nSPS) is 11.8. The lowest BCUT2D eigenvalue weighted by atomic mass is 10.1. The molecule has 0 atom stereocenters. The molecule has 0 aliphatic rings. The fraction of sp³-hybridized carbons (Fsp3) is 0.250. The van der Waals surface area contributed by atoms with Crippen molar-refractivity contribution in [3.05, 3.63) is 90.6 Å². The monoisotopic (exact) mass is 449 g/mol. The second kappa shape index (κ2) is 9.74. The van der Waals surface area contributed by atoms with Gasteiger partial charge in [-0.2, -0.15) is 14.6 Å². The number of rotatable bonds is 8. The quantitative estimate of drug-likeness (QED) is 0.411. The van der Waals surface area contributed by atoms with Gasteiger partial charge in [0.1, 0.15) is 5.69 Å². The summed E-state index contributed by atoms with van der Waals surface area (Å²) in [5, 5.41) is 4.30. The van der Waals surface area contributed by atoms with Crippen LogP contribution in [0.25, 0.3) is 11.0 Å². The van der Waals surface area contributed by atoms with Crippen LogP contribution in [0, 0.1) is 0 Å². The first-order chi connectivity index (χ1) is 15.6. The van der Waals surface area contributed by atoms with Gasteiger partial charge >= 0.3 is 0 Å². The SMILES string of the molecule is CCCOc1ccc(/C=c2/sc3nc(=O)c(Cc4ccccc4)nn3c2=O)cc1OCC. The lowest BCUT2D eigenvalue weighted by Crippen LogP contribution is -2.28. The van der Waals surface area contributed by atoms with Gasteiger partial charge in [-0.3, -0.25) is 9.59 Å². The second-order valence-corrected chi connectivity index (χ2v) is 8.13. The molecule has 0 N–H and O–H groups in total. The van der Waals surface area contributed by atoms with E-state index in [9.17, 15) is 9.59 Å². The predicted molar refractivity (Wildman–Crippen MR) is 125 cm³/mol. The van der Waals surface area contributed by atoms with Crippen LogP contribution < -0.4 is 25.1 Å². The molecule has 0 amide bonds. The Labute approximate surface area is 188 Å². The summed E-state index contributed by atoms with van der Waals surface area (Å²) in [7, 11) is 0. The van der Waals surface area contributed by atoms with Crippen LogP contribution in [0.1, 0.15) is 37.1 Å². The van der Waals surface area contributed by atoms with Crippen molar-refractivity contribution < 1.29 is 9.47 Å². The van der Waals surface area contributed by atoms with Crippen LogP contribution in [0.2, 0.25) is 0 Å². The van der Waals surface area contributed by atoms with E-state index in [0.29, 0.717) is 35.7 Å². The van der Waals surface area contributed by atoms with E-state index in [4.69, 9.17) is 9.47 Å². The van der Waals surface area contributed by atoms with Crippen LogP contribution in [0.4, 0.5) is 0 Å². The van der Waals surface area contributed by atoms with Gasteiger partial charge in [0, 0.05) is 6.42 Å². The highest BCUT2D eigenvalue weighted by atomic mass is 32.1. The molecule has 0 aliphatic heterocycles. The van der Waals surface area contributed by atoms with Crippen LogP contribution in [0.3, 0.4) is 0 Å². The molecule has 164 valence electrons. The number of benzene rings is 2. The Kier molecular flexibility index (Phi) is 6.61. The van der Waals surface area contributed by atoms with Crippen molar-refractivity contribution in [2.75, 3.05) is 13.2 Å². The predicted octanol–water partition coefficient (Wildman–Crippen LogP) is 2.84. The van der Waals surface area contributed by atoms with Gasteiger partial charge in [-0.1, -0.05) is 54.7 Å². The Bertz CT molecular complexity index is 1400. The van der Waals surface area contributed by atoms with Gasteiger partial charge in [0.2, 0.25) is 4.96 Å². The first-order valence-electron chi connectivity index (χ1n) is 10.5. The number of hydrogen-bond acceptors (Lipinski definition) is 7. The molecule has 2 aromatic carbocycles. The van der Waals surface area contributed by atoms with E-state index in [1.807, 2.05) is 62.4 Å². The number of hydrogen-bond donors (Lipinski definition) is 0. The van der Waals surface area contributed by atoms with Gasteiger partial charge in [-0.15, -0.1) is 0 Å². The molecular weight excluding hydrogens is 426 g/mol. The van der Waals surface area contributed by atoms with Crippen molar-refractivity contribution in [3.63, 3.8) is 0 Å². The number of thiazole rings is 1. The number of ether oxygens (including phenoxy) is 2. The van der Waals surface area contributed by atoms with Gasteiger partial charge in [0.15, 0.2) is 11.5 Å². The smallest absolute Gasteiger partial charge is 0.296 e. The van der Waals surface area contributed by atoms with Gasteiger partial charge in [0.05, 0.1) is 17.7 Å². The van der Waals surface area contributed by atoms with E-state index in [-0.39, 0.29) is 16.2 Å². The van der Waals surface area contributed by atoms with E-state index in [1.165, 1.54) is 4.52 Å². The maximum absolute atomic E-state index is 12.9. The summed E-state index contributed by atoms with van der Waals surface area (Å²) in [6.45, 7) is 5.05. The highest BCUT2D eigenvalue weighted by molar-refractivity contribution is 7.15. The summed E-state index contributed by atoms with van der Waals surface area (Å²) in [6.07, 6.45) is 2.96. The maximum Gasteiger partial charge on any atom is 0.296 e. The molecule has 4 rings (SSSR count). The van der Waals surface area contributed by atoms with Gasteiger partial charge < -0.3 is 9.47 Å². The highest BCUT2D eigenvalue weighted by Gasteiger charge is 2.12. The third-order valence-electron chi connectivity index (χ3n) is 4.69. The van der Waals surface area contributed by atoms with Crippen molar-refractivity contribution >= 4 is 22.4 Å². The molecule has 0 spiro atoms. The number of fused-ring (bicyclic) bond motifs is 1. The molecule has 0 fully saturated rings. The molecule has 32 heavy (non-hydrogen) atoms. The average molecular weight is 450 g/mol. The standard InChI is InChI=1S/C24H23N3O4S/c1-3-12-31-19-11-10-17(14-20(19)30-4-2)15-21-23(29)27-24(32-21)25-22(28)18(26-27)13-16-8-6-5-7-9-16/h5-11,14-15H,3-4,12-13H2,1-2H3/b21-15+. The molecule has 7 nitrogen and oxygen atoms in total. The van der Waals surface area contributed by atoms with Crippen molar-refractivity contribution in [2.24, 2.45) is 0 Å². The summed E-state index contributed by atoms with van der Waals surface area (Å²) in [5.74, 6) is 1.29. The minimum Gasteiger partial charge on any atom is -0.490 e. The fourth-order valence-corrected chi connectivity index (χ4v) is 4.11. The summed E-state index contributed by atoms with van der Waals surface area (Å²) in [5.41, 5.74) is 1.23. The summed E-state index contributed by atoms with van der Waals surface area (Å²) < 4.78 is 13.1.